The molecule has 0 fully saturated rings. The number of nitro benzene ring substituents is 1. The predicted octanol–water partition coefficient (Wildman–Crippen LogP) is 2.77. The van der Waals surface area contributed by atoms with E-state index < -0.39 is 4.92 Å². The van der Waals surface area contributed by atoms with Crippen LogP contribution in [0.5, 0.6) is 0 Å². The highest BCUT2D eigenvalue weighted by molar-refractivity contribution is 8.00. The first-order chi connectivity index (χ1) is 10.3. The second kappa shape index (κ2) is 6.35. The van der Waals surface area contributed by atoms with E-state index in [0.717, 1.165) is 5.75 Å². The summed E-state index contributed by atoms with van der Waals surface area (Å²) >= 11 is 1.77. The van der Waals surface area contributed by atoms with Crippen molar-refractivity contribution in [3.63, 3.8) is 0 Å². The maximum absolute atomic E-state index is 11.7. The summed E-state index contributed by atoms with van der Waals surface area (Å²) in [5, 5.41) is 14.5. The van der Waals surface area contributed by atoms with Gasteiger partial charge < -0.3 is 10.3 Å². The van der Waals surface area contributed by atoms with Gasteiger partial charge >= 0.3 is 0 Å². The van der Waals surface area contributed by atoms with Crippen molar-refractivity contribution in [1.29, 1.82) is 0 Å². The van der Waals surface area contributed by atoms with Gasteiger partial charge in [-0.3, -0.25) is 14.9 Å². The van der Waals surface area contributed by atoms with Crippen LogP contribution in [-0.2, 0) is 0 Å². The minimum absolute atomic E-state index is 0.119. The number of nitrogens with zero attached hydrogens (tertiary/aromatic N) is 2. The van der Waals surface area contributed by atoms with Gasteiger partial charge in [0.25, 0.3) is 11.2 Å². The molecule has 0 atom stereocenters. The number of fused-ring (bicyclic) bond motifs is 1. The Kier molecular flexibility index (Phi) is 4.70. The Balaban J connectivity index is 2.26. The molecular formula is C14H18N4O3S. The normalized spacial score (nSPS) is 11.6. The summed E-state index contributed by atoms with van der Waals surface area (Å²) in [6.07, 6.45) is 1.29. The molecule has 0 bridgehead atoms. The highest BCUT2D eigenvalue weighted by atomic mass is 32.2. The molecule has 0 aliphatic rings. The molecule has 2 aromatic rings. The molecule has 1 aromatic carbocycles. The highest BCUT2D eigenvalue weighted by Gasteiger charge is 2.17. The zero-order chi connectivity index (χ0) is 16.3. The number of benzene rings is 1. The average Bonchev–Trinajstić information content (AvgIpc) is 2.42. The van der Waals surface area contributed by atoms with Gasteiger partial charge in [-0.15, -0.1) is 0 Å². The second-order valence-electron chi connectivity index (χ2n) is 5.76. The smallest absolute Gasteiger partial charge is 0.293 e. The first-order valence-electron chi connectivity index (χ1n) is 6.81. The van der Waals surface area contributed by atoms with Gasteiger partial charge in [-0.1, -0.05) is 20.8 Å². The van der Waals surface area contributed by atoms with E-state index in [0.29, 0.717) is 17.7 Å². The van der Waals surface area contributed by atoms with E-state index in [1.807, 2.05) is 0 Å². The molecule has 0 aliphatic heterocycles. The van der Waals surface area contributed by atoms with Crippen molar-refractivity contribution in [2.75, 3.05) is 17.6 Å². The van der Waals surface area contributed by atoms with Gasteiger partial charge in [0.05, 0.1) is 22.2 Å². The molecule has 1 aromatic heterocycles. The standard InChI is InChI=1S/C14H18N4O3S/c1-14(2,3)22-5-4-15-11-7-10-9(6-12(11)18(20)21)13(19)17-8-16-10/h6-8,15H,4-5H2,1-3H3,(H,16,17,19). The number of hydrogen-bond acceptors (Lipinski definition) is 6. The van der Waals surface area contributed by atoms with Crippen LogP contribution in [0.4, 0.5) is 11.4 Å². The molecule has 0 unspecified atom stereocenters. The van der Waals surface area contributed by atoms with Gasteiger partial charge in [0.1, 0.15) is 5.69 Å². The van der Waals surface area contributed by atoms with Crippen LogP contribution in [0.15, 0.2) is 23.3 Å². The van der Waals surface area contributed by atoms with Crippen LogP contribution >= 0.6 is 11.8 Å². The third-order valence-electron chi connectivity index (χ3n) is 2.91. The van der Waals surface area contributed by atoms with Crippen LogP contribution in [0.1, 0.15) is 20.8 Å². The fourth-order valence-electron chi connectivity index (χ4n) is 1.94. The minimum atomic E-state index is -0.495. The molecule has 118 valence electrons. The third kappa shape index (κ3) is 3.97. The van der Waals surface area contributed by atoms with E-state index >= 15 is 0 Å². The molecule has 2 N–H and O–H groups in total. The lowest BCUT2D eigenvalue weighted by Gasteiger charge is -2.17. The molecule has 0 aliphatic carbocycles. The molecule has 8 heteroatoms. The zero-order valence-corrected chi connectivity index (χ0v) is 13.5. The SMILES string of the molecule is CC(C)(C)SCCNc1cc2nc[nH]c(=O)c2cc1[N+](=O)[O-]. The monoisotopic (exact) mass is 322 g/mol. The molecule has 7 nitrogen and oxygen atoms in total. The summed E-state index contributed by atoms with van der Waals surface area (Å²) in [4.78, 5) is 28.9. The van der Waals surface area contributed by atoms with Gasteiger partial charge in [0.2, 0.25) is 0 Å². The van der Waals surface area contributed by atoms with E-state index in [-0.39, 0.29) is 21.4 Å². The van der Waals surface area contributed by atoms with Crippen molar-refractivity contribution in [2.24, 2.45) is 0 Å². The minimum Gasteiger partial charge on any atom is -0.379 e. The molecule has 22 heavy (non-hydrogen) atoms. The Morgan fingerprint density at radius 1 is 1.41 bits per heavy atom. The molecule has 0 saturated heterocycles. The van der Waals surface area contributed by atoms with E-state index in [9.17, 15) is 14.9 Å². The Labute approximate surface area is 131 Å². The fourth-order valence-corrected chi connectivity index (χ4v) is 2.76. The van der Waals surface area contributed by atoms with Crippen molar-refractivity contribution >= 4 is 34.0 Å². The van der Waals surface area contributed by atoms with E-state index in [4.69, 9.17) is 0 Å². The van der Waals surface area contributed by atoms with Crippen LogP contribution in [0.3, 0.4) is 0 Å². The summed E-state index contributed by atoms with van der Waals surface area (Å²) in [5.74, 6) is 0.821. The first kappa shape index (κ1) is 16.3. The number of aromatic amines is 1. The van der Waals surface area contributed by atoms with Crippen molar-refractivity contribution in [3.8, 4) is 0 Å². The molecular weight excluding hydrogens is 304 g/mol. The molecule has 2 rings (SSSR count). The summed E-state index contributed by atoms with van der Waals surface area (Å²) in [6, 6.07) is 2.81. The van der Waals surface area contributed by atoms with Gasteiger partial charge in [0, 0.05) is 23.1 Å². The largest absolute Gasteiger partial charge is 0.379 e. The molecule has 0 saturated carbocycles. The van der Waals surface area contributed by atoms with Crippen LogP contribution in [0.25, 0.3) is 10.9 Å². The Morgan fingerprint density at radius 3 is 2.77 bits per heavy atom. The van der Waals surface area contributed by atoms with Gasteiger partial charge in [-0.25, -0.2) is 4.98 Å². The topological polar surface area (TPSA) is 101 Å². The number of H-pyrrole nitrogens is 1. The number of nitrogens with one attached hydrogen (secondary N) is 2. The summed E-state index contributed by atoms with van der Waals surface area (Å²) in [7, 11) is 0. The Bertz CT molecular complexity index is 752. The number of hydrogen-bond donors (Lipinski definition) is 2. The molecule has 0 spiro atoms. The summed E-state index contributed by atoms with van der Waals surface area (Å²) in [5.41, 5.74) is 0.306. The van der Waals surface area contributed by atoms with Crippen LogP contribution in [-0.4, -0.2) is 31.9 Å². The number of nitro groups is 1. The van der Waals surface area contributed by atoms with E-state index in [2.05, 4.69) is 36.1 Å². The number of thioether (sulfide) groups is 1. The lowest BCUT2D eigenvalue weighted by molar-refractivity contribution is -0.383. The maximum atomic E-state index is 11.7. The Morgan fingerprint density at radius 2 is 2.14 bits per heavy atom. The fraction of sp³-hybridized carbons (Fsp3) is 0.429. The van der Waals surface area contributed by atoms with Crippen molar-refractivity contribution in [1.82, 2.24) is 9.97 Å². The number of anilines is 1. The lowest BCUT2D eigenvalue weighted by Crippen LogP contribution is -2.14. The van der Waals surface area contributed by atoms with Gasteiger partial charge in [0.15, 0.2) is 0 Å². The molecule has 0 amide bonds. The number of aromatic nitrogens is 2. The van der Waals surface area contributed by atoms with E-state index in [1.54, 1.807) is 17.8 Å². The summed E-state index contributed by atoms with van der Waals surface area (Å²) < 4.78 is 0.145. The molecule has 1 heterocycles. The predicted molar refractivity (Wildman–Crippen MR) is 89.7 cm³/mol. The van der Waals surface area contributed by atoms with Crippen LogP contribution in [0.2, 0.25) is 0 Å². The first-order valence-corrected chi connectivity index (χ1v) is 7.80. The number of rotatable bonds is 5. The average molecular weight is 322 g/mol. The molecule has 0 radical (unpaired) electrons. The quantitative estimate of drug-likeness (QED) is 0.499. The van der Waals surface area contributed by atoms with Crippen LogP contribution < -0.4 is 10.9 Å². The van der Waals surface area contributed by atoms with Gasteiger partial charge in [-0.2, -0.15) is 11.8 Å². The summed E-state index contributed by atoms with van der Waals surface area (Å²) in [6.45, 7) is 6.95. The van der Waals surface area contributed by atoms with Crippen molar-refractivity contribution in [2.45, 2.75) is 25.5 Å². The van der Waals surface area contributed by atoms with Gasteiger partial charge in [-0.05, 0) is 6.07 Å². The third-order valence-corrected chi connectivity index (χ3v) is 4.18. The Hall–Kier alpha value is -2.09. The highest BCUT2D eigenvalue weighted by Crippen LogP contribution is 2.28. The lowest BCUT2D eigenvalue weighted by atomic mass is 10.2. The zero-order valence-electron chi connectivity index (χ0n) is 12.7. The maximum Gasteiger partial charge on any atom is 0.293 e. The second-order valence-corrected chi connectivity index (χ2v) is 7.68. The van der Waals surface area contributed by atoms with E-state index in [1.165, 1.54) is 12.4 Å². The van der Waals surface area contributed by atoms with Crippen molar-refractivity contribution < 1.29 is 4.92 Å². The van der Waals surface area contributed by atoms with Crippen LogP contribution in [0, 0.1) is 10.1 Å². The van der Waals surface area contributed by atoms with Crippen molar-refractivity contribution in [3.05, 3.63) is 38.9 Å².